The van der Waals surface area contributed by atoms with Gasteiger partial charge in [0.15, 0.2) is 0 Å². The van der Waals surface area contributed by atoms with Crippen LogP contribution in [0.25, 0.3) is 0 Å². The first kappa shape index (κ1) is 94.4. The molecule has 0 aliphatic carbocycles. The highest BCUT2D eigenvalue weighted by Crippen LogP contribution is 2.18. The predicted molar refractivity (Wildman–Crippen MR) is 448 cm³/mol. The number of carbonyl (C=O) groups is 8. The number of nitrogens with one attached hydrogen (secondary N) is 12. The summed E-state index contributed by atoms with van der Waals surface area (Å²) in [6, 6.07) is 39.3. The van der Waals surface area contributed by atoms with Crippen LogP contribution in [-0.2, 0) is 81.1 Å². The van der Waals surface area contributed by atoms with Gasteiger partial charge in [0.05, 0.1) is 77.1 Å². The van der Waals surface area contributed by atoms with E-state index in [2.05, 4.69) is 151 Å². The molecule has 0 saturated heterocycles. The van der Waals surface area contributed by atoms with E-state index in [1.165, 1.54) is 25.0 Å². The molecule has 0 radical (unpaired) electrons. The van der Waals surface area contributed by atoms with E-state index in [0.29, 0.717) is 122 Å². The molecule has 8 amide bonds. The zero-order chi connectivity index (χ0) is 84.8. The third-order valence-electron chi connectivity index (χ3n) is 18.3. The third kappa shape index (κ3) is 40.7. The molecule has 15 N–H and O–H groups in total. The highest BCUT2D eigenvalue weighted by Gasteiger charge is 2.13. The Morgan fingerprint density at radius 2 is 0.602 bits per heavy atom. The Hall–Kier alpha value is -12.5. The molecular formula is C83H118N24O11. The second-order valence-corrected chi connectivity index (χ2v) is 28.2. The lowest BCUT2D eigenvalue weighted by molar-refractivity contribution is -0.130. The molecule has 0 saturated carbocycles. The SMILES string of the molecule is CC(=O)NCCCCCCC(=O)NO.CNC(=O)CCCCCCNC(C)=O.Cc1ccc(NCc2cn(CCn3cc(CNc4ccc(C(=O)NCCCCCCC(=O)NO)cc4)nn3)nn2)cc1.Cc1ccc(NCc2cn(Cc3ccccc3Cn3cc(CNc4ccc(C(=O)NCCCCCCC(=O)NO)cc4)nn3)nn2)cc1. The van der Waals surface area contributed by atoms with Crippen molar-refractivity contribution in [3.05, 3.63) is 202 Å². The van der Waals surface area contributed by atoms with Crippen LogP contribution in [0.2, 0.25) is 0 Å². The summed E-state index contributed by atoms with van der Waals surface area (Å²) in [6.07, 6.45) is 23.6. The molecule has 9 rings (SSSR count). The van der Waals surface area contributed by atoms with Gasteiger partial charge in [-0.05, 0) is 149 Å². The van der Waals surface area contributed by atoms with E-state index in [-0.39, 0.29) is 47.3 Å². The fraction of sp³-hybridized carbons (Fsp3) is 0.446. The summed E-state index contributed by atoms with van der Waals surface area (Å²) in [7, 11) is 1.65. The van der Waals surface area contributed by atoms with Crippen molar-refractivity contribution in [1.82, 2.24) is 103 Å². The molecule has 4 aromatic heterocycles. The van der Waals surface area contributed by atoms with Gasteiger partial charge in [0.2, 0.25) is 35.4 Å². The summed E-state index contributed by atoms with van der Waals surface area (Å²) in [5.74, 6) is -1.21. The second-order valence-electron chi connectivity index (χ2n) is 28.2. The lowest BCUT2D eigenvalue weighted by atomic mass is 10.1. The summed E-state index contributed by atoms with van der Waals surface area (Å²) >= 11 is 0. The molecule has 636 valence electrons. The summed E-state index contributed by atoms with van der Waals surface area (Å²) in [5, 5.41) is 86.6. The van der Waals surface area contributed by atoms with E-state index in [1.807, 2.05) is 82.7 Å². The van der Waals surface area contributed by atoms with Crippen molar-refractivity contribution in [2.75, 3.05) is 54.5 Å². The number of aromatic nitrogens is 12. The van der Waals surface area contributed by atoms with Crippen LogP contribution in [0.15, 0.2) is 146 Å². The van der Waals surface area contributed by atoms with Crippen LogP contribution >= 0.6 is 0 Å². The summed E-state index contributed by atoms with van der Waals surface area (Å²) in [6.45, 7) is 14.3. The fourth-order valence-electron chi connectivity index (χ4n) is 11.5. The summed E-state index contributed by atoms with van der Waals surface area (Å²) < 4.78 is 7.25. The molecule has 118 heavy (non-hydrogen) atoms. The average molecular weight is 1630 g/mol. The summed E-state index contributed by atoms with van der Waals surface area (Å²) in [4.78, 5) is 89.2. The molecule has 0 aliphatic rings. The smallest absolute Gasteiger partial charge is 0.251 e. The Morgan fingerprint density at radius 3 is 0.898 bits per heavy atom. The second kappa shape index (κ2) is 55.9. The lowest BCUT2D eigenvalue weighted by Gasteiger charge is -2.09. The van der Waals surface area contributed by atoms with Gasteiger partial charge in [-0.25, -0.2) is 25.8 Å². The van der Waals surface area contributed by atoms with Gasteiger partial charge >= 0.3 is 0 Å². The zero-order valence-corrected chi connectivity index (χ0v) is 68.5. The van der Waals surface area contributed by atoms with Gasteiger partial charge in [-0.3, -0.25) is 63.3 Å². The predicted octanol–water partition coefficient (Wildman–Crippen LogP) is 9.37. The van der Waals surface area contributed by atoms with Crippen LogP contribution in [0.4, 0.5) is 22.7 Å². The lowest BCUT2D eigenvalue weighted by Crippen LogP contribution is -2.24. The first-order valence-corrected chi connectivity index (χ1v) is 40.2. The largest absolute Gasteiger partial charge is 0.379 e. The van der Waals surface area contributed by atoms with Crippen LogP contribution in [0.5, 0.6) is 0 Å². The molecule has 5 aromatic carbocycles. The quantitative estimate of drug-likeness (QED) is 0.00958. The number of rotatable bonds is 49. The van der Waals surface area contributed by atoms with Crippen molar-refractivity contribution in [2.45, 2.75) is 208 Å². The van der Waals surface area contributed by atoms with Crippen molar-refractivity contribution in [3.8, 4) is 0 Å². The van der Waals surface area contributed by atoms with E-state index in [4.69, 9.17) is 15.6 Å². The number of amides is 8. The third-order valence-corrected chi connectivity index (χ3v) is 18.3. The van der Waals surface area contributed by atoms with E-state index < -0.39 is 0 Å². The topological polar surface area (TPSA) is 464 Å². The number of unbranched alkanes of at least 4 members (excludes halogenated alkanes) is 12. The summed E-state index contributed by atoms with van der Waals surface area (Å²) in [5.41, 5.74) is 17.9. The average Bonchev–Trinajstić information content (AvgIpc) is 1.67. The van der Waals surface area contributed by atoms with Gasteiger partial charge in [0.25, 0.3) is 11.8 Å². The van der Waals surface area contributed by atoms with Gasteiger partial charge in [0.1, 0.15) is 22.8 Å². The molecular weight excluding hydrogens is 1510 g/mol. The Morgan fingerprint density at radius 1 is 0.331 bits per heavy atom. The normalized spacial score (nSPS) is 10.5. The van der Waals surface area contributed by atoms with Gasteiger partial charge < -0.3 is 47.9 Å². The van der Waals surface area contributed by atoms with Crippen molar-refractivity contribution in [3.63, 3.8) is 0 Å². The van der Waals surface area contributed by atoms with E-state index >= 15 is 0 Å². The number of nitrogens with zero attached hydrogens (tertiary/aromatic N) is 12. The van der Waals surface area contributed by atoms with Crippen LogP contribution in [0.1, 0.15) is 208 Å². The number of carbonyl (C=O) groups excluding carboxylic acids is 8. The maximum Gasteiger partial charge on any atom is 0.251 e. The van der Waals surface area contributed by atoms with E-state index in [9.17, 15) is 38.4 Å². The van der Waals surface area contributed by atoms with Crippen LogP contribution in [0.3, 0.4) is 0 Å². The minimum absolute atomic E-state index is 0.00958. The van der Waals surface area contributed by atoms with Crippen LogP contribution < -0.4 is 64.3 Å². The van der Waals surface area contributed by atoms with Crippen LogP contribution in [-0.4, -0.2) is 156 Å². The number of hydroxylamine groups is 3. The molecule has 0 bridgehead atoms. The number of hydrogen-bond acceptors (Lipinski definition) is 23. The molecule has 35 nitrogen and oxygen atoms in total. The molecule has 0 aliphatic heterocycles. The molecule has 9 aromatic rings. The maximum atomic E-state index is 12.5. The molecule has 0 unspecified atom stereocenters. The molecule has 0 spiro atoms. The Bertz CT molecular complexity index is 4360. The number of benzene rings is 5. The van der Waals surface area contributed by atoms with Crippen molar-refractivity contribution >= 4 is 70.0 Å². The Labute approximate surface area is 689 Å². The van der Waals surface area contributed by atoms with Gasteiger partial charge in [-0.1, -0.05) is 132 Å². The number of aryl methyl sites for hydroxylation is 4. The van der Waals surface area contributed by atoms with Crippen molar-refractivity contribution in [1.29, 1.82) is 0 Å². The van der Waals surface area contributed by atoms with E-state index in [1.54, 1.807) is 57.1 Å². The standard InChI is InChI=1S/C35H42N10O3.C29H38N10O3.C10H20N2O2.C9H18N2O3/c1-26-11-15-30(16-12-26)37-20-32-24-44(42-39-32)22-28-8-5-6-9-29(28)23-45-25-33(40-43-45)21-38-31-17-13-27(14-18-31)35(47)36-19-7-3-2-4-10-34(46)41-48;1-22-7-11-24(12-8-22)31-18-26-20-38(36-33-26)16-17-39-21-27(34-37-39)19-32-25-13-9-23(10-14-25)29(41)30-15-5-3-2-4-6-28(40)35-42;1-9(13)12-8-6-4-3-5-7-10(14)11-2;1-8(12)10-7-5-3-2-4-6-9(13)11-14/h5-6,8-9,11-18,24-25,37-38,48H,2-4,7,10,19-23H2,1H3,(H,36,47)(H,41,46);7-14,20-21,31-32,42H,2-6,15-19H2,1H3,(H,30,41)(H,35,40);3-8H2,1-2H3,(H,11,14)(H,12,13);14H,2-7H2,1H3,(H,10,12)(H,11,13). The number of hydrogen-bond donors (Lipinski definition) is 15. The number of anilines is 4. The van der Waals surface area contributed by atoms with E-state index in [0.717, 1.165) is 153 Å². The highest BCUT2D eigenvalue weighted by atomic mass is 16.5. The first-order valence-electron chi connectivity index (χ1n) is 40.2. The van der Waals surface area contributed by atoms with Gasteiger partial charge in [-0.2, -0.15) is 0 Å². The molecule has 35 heteroatoms. The Balaban J connectivity index is 0.000000279. The molecule has 0 fully saturated rings. The molecule has 0 atom stereocenters. The zero-order valence-electron chi connectivity index (χ0n) is 68.5. The van der Waals surface area contributed by atoms with Gasteiger partial charge in [0, 0.05) is 107 Å². The Kier molecular flexibility index (Phi) is 44.7. The minimum Gasteiger partial charge on any atom is -0.379 e. The highest BCUT2D eigenvalue weighted by molar-refractivity contribution is 5.95. The van der Waals surface area contributed by atoms with Crippen molar-refractivity contribution < 1.29 is 54.0 Å². The molecule has 4 heterocycles. The maximum absolute atomic E-state index is 12.5. The van der Waals surface area contributed by atoms with Crippen molar-refractivity contribution in [2.24, 2.45) is 0 Å². The van der Waals surface area contributed by atoms with Gasteiger partial charge in [-0.15, -0.1) is 20.4 Å². The van der Waals surface area contributed by atoms with Crippen LogP contribution in [0, 0.1) is 13.8 Å². The first-order chi connectivity index (χ1) is 57.3. The minimum atomic E-state index is -0.372. The monoisotopic (exact) mass is 1630 g/mol. The fourth-order valence-corrected chi connectivity index (χ4v) is 11.5.